The SMILES string of the molecule is Cc1nc(Br)ccc1NC(=O)C1Cc2ccccc2O1. The van der Waals surface area contributed by atoms with Crippen molar-refractivity contribution in [3.63, 3.8) is 0 Å². The van der Waals surface area contributed by atoms with E-state index in [-0.39, 0.29) is 5.91 Å². The van der Waals surface area contributed by atoms with Gasteiger partial charge >= 0.3 is 0 Å². The molecule has 1 atom stereocenters. The Morgan fingerprint density at radius 1 is 1.35 bits per heavy atom. The van der Waals surface area contributed by atoms with Crippen molar-refractivity contribution in [2.45, 2.75) is 19.4 Å². The highest BCUT2D eigenvalue weighted by Crippen LogP contribution is 2.28. The Balaban J connectivity index is 1.72. The zero-order valence-corrected chi connectivity index (χ0v) is 12.5. The molecule has 1 unspecified atom stereocenters. The lowest BCUT2D eigenvalue weighted by atomic mass is 10.1. The number of aromatic nitrogens is 1. The number of amides is 1. The van der Waals surface area contributed by atoms with Crippen LogP contribution < -0.4 is 10.1 Å². The maximum Gasteiger partial charge on any atom is 0.265 e. The van der Waals surface area contributed by atoms with Gasteiger partial charge in [-0.2, -0.15) is 0 Å². The molecular formula is C15H13BrN2O2. The lowest BCUT2D eigenvalue weighted by molar-refractivity contribution is -0.122. The highest BCUT2D eigenvalue weighted by atomic mass is 79.9. The molecule has 20 heavy (non-hydrogen) atoms. The van der Waals surface area contributed by atoms with Gasteiger partial charge in [-0.25, -0.2) is 4.98 Å². The van der Waals surface area contributed by atoms with Crippen molar-refractivity contribution in [3.8, 4) is 5.75 Å². The molecule has 0 saturated carbocycles. The number of carbonyl (C=O) groups is 1. The molecule has 1 aromatic carbocycles. The summed E-state index contributed by atoms with van der Waals surface area (Å²) in [4.78, 5) is 16.5. The lowest BCUT2D eigenvalue weighted by Gasteiger charge is -2.12. The van der Waals surface area contributed by atoms with Gasteiger partial charge in [0.05, 0.1) is 11.4 Å². The van der Waals surface area contributed by atoms with E-state index in [1.807, 2.05) is 37.3 Å². The standard InChI is InChI=1S/C15H13BrN2O2/c1-9-11(6-7-14(16)17-9)18-15(19)13-8-10-4-2-3-5-12(10)20-13/h2-7,13H,8H2,1H3,(H,18,19). The second-order valence-electron chi connectivity index (χ2n) is 4.67. The van der Waals surface area contributed by atoms with Crippen LogP contribution in [0.4, 0.5) is 5.69 Å². The molecule has 1 N–H and O–H groups in total. The van der Waals surface area contributed by atoms with E-state index >= 15 is 0 Å². The summed E-state index contributed by atoms with van der Waals surface area (Å²) in [6.07, 6.45) is 0.126. The van der Waals surface area contributed by atoms with E-state index < -0.39 is 6.10 Å². The molecule has 5 heteroatoms. The molecule has 1 aromatic heterocycles. The predicted molar refractivity (Wildman–Crippen MR) is 79.9 cm³/mol. The van der Waals surface area contributed by atoms with E-state index in [2.05, 4.69) is 26.2 Å². The van der Waals surface area contributed by atoms with Crippen LogP contribution in [0.3, 0.4) is 0 Å². The Morgan fingerprint density at radius 3 is 2.90 bits per heavy atom. The summed E-state index contributed by atoms with van der Waals surface area (Å²) in [5.74, 6) is 0.645. The van der Waals surface area contributed by atoms with E-state index in [4.69, 9.17) is 4.74 Å². The third kappa shape index (κ3) is 2.54. The maximum atomic E-state index is 12.2. The van der Waals surface area contributed by atoms with Crippen LogP contribution in [-0.4, -0.2) is 17.0 Å². The van der Waals surface area contributed by atoms with Crippen molar-refractivity contribution in [1.29, 1.82) is 0 Å². The summed E-state index contributed by atoms with van der Waals surface area (Å²) < 4.78 is 6.41. The number of ether oxygens (including phenoxy) is 1. The van der Waals surface area contributed by atoms with E-state index in [0.29, 0.717) is 12.1 Å². The summed E-state index contributed by atoms with van der Waals surface area (Å²) in [6.45, 7) is 1.85. The van der Waals surface area contributed by atoms with Crippen LogP contribution in [-0.2, 0) is 11.2 Å². The maximum absolute atomic E-state index is 12.2. The number of fused-ring (bicyclic) bond motifs is 1. The number of pyridine rings is 1. The number of hydrogen-bond donors (Lipinski definition) is 1. The number of benzene rings is 1. The minimum absolute atomic E-state index is 0.145. The predicted octanol–water partition coefficient (Wildman–Crippen LogP) is 3.09. The lowest BCUT2D eigenvalue weighted by Crippen LogP contribution is -2.31. The van der Waals surface area contributed by atoms with Gasteiger partial charge in [-0.15, -0.1) is 0 Å². The summed E-state index contributed by atoms with van der Waals surface area (Å²) in [6, 6.07) is 11.3. The first-order valence-electron chi connectivity index (χ1n) is 6.32. The average Bonchev–Trinajstić information content (AvgIpc) is 2.86. The Labute approximate surface area is 125 Å². The summed E-state index contributed by atoms with van der Waals surface area (Å²) >= 11 is 3.30. The molecule has 1 aliphatic rings. The molecule has 0 bridgehead atoms. The molecule has 2 heterocycles. The molecular weight excluding hydrogens is 320 g/mol. The highest BCUT2D eigenvalue weighted by Gasteiger charge is 2.29. The highest BCUT2D eigenvalue weighted by molar-refractivity contribution is 9.10. The van der Waals surface area contributed by atoms with Gasteiger partial charge in [0.1, 0.15) is 10.4 Å². The first-order chi connectivity index (χ1) is 9.63. The fourth-order valence-corrected chi connectivity index (χ4v) is 2.60. The Bertz CT molecular complexity index is 648. The molecule has 3 rings (SSSR count). The van der Waals surface area contributed by atoms with Crippen molar-refractivity contribution in [3.05, 3.63) is 52.3 Å². The first kappa shape index (κ1) is 13.1. The van der Waals surface area contributed by atoms with E-state index in [1.54, 1.807) is 6.07 Å². The van der Waals surface area contributed by atoms with Crippen molar-refractivity contribution >= 4 is 27.5 Å². The second kappa shape index (κ2) is 5.25. The van der Waals surface area contributed by atoms with Gasteiger partial charge in [0.25, 0.3) is 5.91 Å². The van der Waals surface area contributed by atoms with Gasteiger partial charge in [-0.05, 0) is 46.6 Å². The number of nitrogens with one attached hydrogen (secondary N) is 1. The van der Waals surface area contributed by atoms with Gasteiger partial charge in [0.2, 0.25) is 0 Å². The number of carbonyl (C=O) groups excluding carboxylic acids is 1. The van der Waals surface area contributed by atoms with Crippen molar-refractivity contribution in [1.82, 2.24) is 4.98 Å². The molecule has 102 valence electrons. The van der Waals surface area contributed by atoms with Crippen molar-refractivity contribution in [2.24, 2.45) is 0 Å². The van der Waals surface area contributed by atoms with Gasteiger partial charge in [0, 0.05) is 6.42 Å². The Kier molecular flexibility index (Phi) is 3.44. The van der Waals surface area contributed by atoms with E-state index in [9.17, 15) is 4.79 Å². The fourth-order valence-electron chi connectivity index (χ4n) is 2.20. The zero-order valence-electron chi connectivity index (χ0n) is 10.9. The number of para-hydroxylation sites is 1. The second-order valence-corrected chi connectivity index (χ2v) is 5.49. The zero-order chi connectivity index (χ0) is 14.1. The number of anilines is 1. The molecule has 1 aliphatic heterocycles. The fraction of sp³-hybridized carbons (Fsp3) is 0.200. The Hall–Kier alpha value is -1.88. The Morgan fingerprint density at radius 2 is 2.15 bits per heavy atom. The minimum Gasteiger partial charge on any atom is -0.480 e. The molecule has 0 spiro atoms. The third-order valence-corrected chi connectivity index (χ3v) is 3.69. The van der Waals surface area contributed by atoms with Gasteiger partial charge < -0.3 is 10.1 Å². The monoisotopic (exact) mass is 332 g/mol. The molecule has 2 aromatic rings. The van der Waals surface area contributed by atoms with Gasteiger partial charge in [-0.3, -0.25) is 4.79 Å². The van der Waals surface area contributed by atoms with Crippen LogP contribution in [0.5, 0.6) is 5.75 Å². The van der Waals surface area contributed by atoms with Crippen LogP contribution in [0.15, 0.2) is 41.0 Å². The number of rotatable bonds is 2. The third-order valence-electron chi connectivity index (χ3n) is 3.25. The largest absolute Gasteiger partial charge is 0.480 e. The van der Waals surface area contributed by atoms with Crippen molar-refractivity contribution < 1.29 is 9.53 Å². The molecule has 4 nitrogen and oxygen atoms in total. The van der Waals surface area contributed by atoms with Crippen LogP contribution in [0.25, 0.3) is 0 Å². The molecule has 0 saturated heterocycles. The number of hydrogen-bond acceptors (Lipinski definition) is 3. The van der Waals surface area contributed by atoms with Crippen LogP contribution in [0.2, 0.25) is 0 Å². The summed E-state index contributed by atoms with van der Waals surface area (Å²) in [5.41, 5.74) is 2.54. The van der Waals surface area contributed by atoms with Crippen LogP contribution in [0, 0.1) is 6.92 Å². The molecule has 1 amide bonds. The van der Waals surface area contributed by atoms with Gasteiger partial charge in [0.15, 0.2) is 6.10 Å². The quantitative estimate of drug-likeness (QED) is 0.860. The molecule has 0 radical (unpaired) electrons. The van der Waals surface area contributed by atoms with E-state index in [0.717, 1.165) is 21.6 Å². The normalized spacial score (nSPS) is 16.4. The topological polar surface area (TPSA) is 51.2 Å². The smallest absolute Gasteiger partial charge is 0.265 e. The number of halogens is 1. The van der Waals surface area contributed by atoms with Crippen LogP contribution >= 0.6 is 15.9 Å². The first-order valence-corrected chi connectivity index (χ1v) is 7.11. The summed E-state index contributed by atoms with van der Waals surface area (Å²) in [7, 11) is 0. The number of nitrogens with zero attached hydrogens (tertiary/aromatic N) is 1. The van der Waals surface area contributed by atoms with Crippen LogP contribution in [0.1, 0.15) is 11.3 Å². The van der Waals surface area contributed by atoms with Crippen molar-refractivity contribution in [2.75, 3.05) is 5.32 Å². The molecule has 0 fully saturated rings. The summed E-state index contributed by atoms with van der Waals surface area (Å²) in [5, 5.41) is 2.87. The minimum atomic E-state index is -0.476. The van der Waals surface area contributed by atoms with Gasteiger partial charge in [-0.1, -0.05) is 18.2 Å². The number of aryl methyl sites for hydroxylation is 1. The average molecular weight is 333 g/mol. The molecule has 0 aliphatic carbocycles. The van der Waals surface area contributed by atoms with E-state index in [1.165, 1.54) is 0 Å².